The molecule has 1 saturated carbocycles. The van der Waals surface area contributed by atoms with Crippen LogP contribution in [0.25, 0.3) is 11.3 Å². The molecule has 0 spiro atoms. The van der Waals surface area contributed by atoms with Crippen LogP contribution >= 0.6 is 0 Å². The smallest absolute Gasteiger partial charge is 0.181 e. The van der Waals surface area contributed by atoms with Crippen molar-refractivity contribution in [3.8, 4) is 11.3 Å². The van der Waals surface area contributed by atoms with Gasteiger partial charge >= 0.3 is 0 Å². The SMILES string of the molecule is C[C@H](O)CCC(=O)c1cccc([C@]23CC[C@H](c4cc(-c5c(F)cccc5F)nnc42)C3(C)C)n1. The molecule has 2 aromatic heterocycles. The number of hydrogen-bond donors (Lipinski definition) is 1. The molecule has 2 aliphatic carbocycles. The maximum Gasteiger partial charge on any atom is 0.181 e. The van der Waals surface area contributed by atoms with Crippen molar-refractivity contribution < 1.29 is 18.7 Å². The standard InChI is InChI=1S/C27H27F2N3O2/c1-15(33)10-11-22(34)20-8-5-9-23(30-20)27-13-12-17(26(27,2)3)16-14-21(31-32-25(16)27)24-18(28)6-4-7-19(24)29/h4-9,14-15,17,33H,10-13H2,1-3H3/t15-,17+,27+/m0/s1. The Labute approximate surface area is 197 Å². The van der Waals surface area contributed by atoms with E-state index in [0.717, 1.165) is 29.8 Å². The number of aromatic nitrogens is 3. The highest BCUT2D eigenvalue weighted by Gasteiger charge is 2.65. The summed E-state index contributed by atoms with van der Waals surface area (Å²) in [5.41, 5.74) is 2.04. The number of aliphatic hydroxyl groups is 1. The Bertz CT molecular complexity index is 1270. The highest BCUT2D eigenvalue weighted by molar-refractivity contribution is 5.94. The molecule has 2 aliphatic rings. The van der Waals surface area contributed by atoms with E-state index in [0.29, 0.717) is 12.1 Å². The Kier molecular flexibility index (Phi) is 5.35. The third kappa shape index (κ3) is 3.21. The second kappa shape index (κ2) is 8.01. The zero-order valence-corrected chi connectivity index (χ0v) is 19.5. The molecule has 0 saturated heterocycles. The summed E-state index contributed by atoms with van der Waals surface area (Å²) in [6.07, 6.45) is 1.74. The van der Waals surface area contributed by atoms with Crippen molar-refractivity contribution in [2.45, 2.75) is 63.9 Å². The first-order chi connectivity index (χ1) is 16.2. The summed E-state index contributed by atoms with van der Waals surface area (Å²) in [7, 11) is 0. The van der Waals surface area contributed by atoms with Gasteiger partial charge in [0.15, 0.2) is 5.78 Å². The van der Waals surface area contributed by atoms with Crippen LogP contribution in [0.5, 0.6) is 0 Å². The van der Waals surface area contributed by atoms with Crippen molar-refractivity contribution in [1.29, 1.82) is 0 Å². The molecular formula is C27H27F2N3O2. The molecule has 1 fully saturated rings. The average Bonchev–Trinajstić information content (AvgIpc) is 3.18. The molecule has 0 radical (unpaired) electrons. The molecule has 34 heavy (non-hydrogen) atoms. The van der Waals surface area contributed by atoms with Crippen LogP contribution < -0.4 is 0 Å². The van der Waals surface area contributed by atoms with Gasteiger partial charge in [0.2, 0.25) is 0 Å². The van der Waals surface area contributed by atoms with E-state index in [9.17, 15) is 18.7 Å². The van der Waals surface area contributed by atoms with Crippen LogP contribution in [0.4, 0.5) is 8.78 Å². The van der Waals surface area contributed by atoms with Crippen LogP contribution in [0.1, 0.15) is 79.8 Å². The number of carbonyl (C=O) groups excluding carboxylic acids is 1. The summed E-state index contributed by atoms with van der Waals surface area (Å²) in [6.45, 7) is 5.99. The van der Waals surface area contributed by atoms with E-state index in [4.69, 9.17) is 4.98 Å². The molecule has 2 bridgehead atoms. The van der Waals surface area contributed by atoms with Crippen LogP contribution in [-0.2, 0) is 5.41 Å². The Morgan fingerprint density at radius 3 is 2.56 bits per heavy atom. The molecule has 1 N–H and O–H groups in total. The third-order valence-corrected chi connectivity index (χ3v) is 7.86. The fraction of sp³-hybridized carbons (Fsp3) is 0.407. The molecule has 5 rings (SSSR count). The first-order valence-corrected chi connectivity index (χ1v) is 11.7. The van der Waals surface area contributed by atoms with E-state index < -0.39 is 23.2 Å². The first kappa shape index (κ1) is 22.7. The molecule has 1 aromatic carbocycles. The van der Waals surface area contributed by atoms with Gasteiger partial charge in [0.25, 0.3) is 0 Å². The normalized spacial score (nSPS) is 23.1. The molecule has 2 heterocycles. The fourth-order valence-electron chi connectivity index (χ4n) is 6.05. The molecule has 0 unspecified atom stereocenters. The highest BCUT2D eigenvalue weighted by atomic mass is 19.1. The van der Waals surface area contributed by atoms with Crippen LogP contribution in [0.15, 0.2) is 42.5 Å². The summed E-state index contributed by atoms with van der Waals surface area (Å²) < 4.78 is 28.9. The molecule has 7 heteroatoms. The van der Waals surface area contributed by atoms with Gasteiger partial charge in [-0.15, -0.1) is 5.10 Å². The topological polar surface area (TPSA) is 76.0 Å². The molecule has 3 aromatic rings. The van der Waals surface area contributed by atoms with Gasteiger partial charge in [0, 0.05) is 6.42 Å². The van der Waals surface area contributed by atoms with Crippen molar-refractivity contribution in [2.75, 3.05) is 0 Å². The Morgan fingerprint density at radius 1 is 1.15 bits per heavy atom. The van der Waals surface area contributed by atoms with Gasteiger partial charge in [-0.1, -0.05) is 26.0 Å². The van der Waals surface area contributed by atoms with Gasteiger partial charge in [-0.2, -0.15) is 5.10 Å². The average molecular weight is 464 g/mol. The summed E-state index contributed by atoms with van der Waals surface area (Å²) in [6, 6.07) is 11.0. The van der Waals surface area contributed by atoms with Gasteiger partial charge in [-0.25, -0.2) is 13.8 Å². The Morgan fingerprint density at radius 2 is 1.85 bits per heavy atom. The number of nitrogens with zero attached hydrogens (tertiary/aromatic N) is 3. The number of benzene rings is 1. The molecule has 5 nitrogen and oxygen atoms in total. The Hall–Kier alpha value is -3.06. The van der Waals surface area contributed by atoms with Crippen molar-refractivity contribution >= 4 is 5.78 Å². The van der Waals surface area contributed by atoms with Gasteiger partial charge in [0.1, 0.15) is 17.3 Å². The molecule has 0 aliphatic heterocycles. The van der Waals surface area contributed by atoms with E-state index >= 15 is 0 Å². The van der Waals surface area contributed by atoms with Crippen molar-refractivity contribution in [1.82, 2.24) is 15.2 Å². The highest BCUT2D eigenvalue weighted by Crippen LogP contribution is 2.69. The lowest BCUT2D eigenvalue weighted by molar-refractivity contribution is 0.0943. The zero-order valence-electron chi connectivity index (χ0n) is 19.5. The summed E-state index contributed by atoms with van der Waals surface area (Å²) in [5.74, 6) is -1.32. The van der Waals surface area contributed by atoms with Gasteiger partial charge in [-0.05, 0) is 73.4 Å². The second-order valence-corrected chi connectivity index (χ2v) is 10.1. The van der Waals surface area contributed by atoms with Gasteiger partial charge in [0.05, 0.1) is 34.2 Å². The monoisotopic (exact) mass is 463 g/mol. The van der Waals surface area contributed by atoms with Crippen LogP contribution in [0.3, 0.4) is 0 Å². The maximum atomic E-state index is 14.4. The van der Waals surface area contributed by atoms with Crippen molar-refractivity contribution in [3.63, 3.8) is 0 Å². The number of fused-ring (bicyclic) bond motifs is 5. The molecule has 176 valence electrons. The largest absolute Gasteiger partial charge is 0.393 e. The summed E-state index contributed by atoms with van der Waals surface area (Å²) in [4.78, 5) is 17.5. The minimum atomic E-state index is -0.670. The lowest BCUT2D eigenvalue weighted by atomic mass is 9.66. The number of hydrogen-bond acceptors (Lipinski definition) is 5. The van der Waals surface area contributed by atoms with Crippen LogP contribution in [0.2, 0.25) is 0 Å². The van der Waals surface area contributed by atoms with E-state index in [1.165, 1.54) is 18.2 Å². The van der Waals surface area contributed by atoms with E-state index in [1.54, 1.807) is 19.1 Å². The number of carbonyl (C=O) groups is 1. The fourth-order valence-corrected chi connectivity index (χ4v) is 6.05. The van der Waals surface area contributed by atoms with E-state index in [1.807, 2.05) is 12.1 Å². The second-order valence-electron chi connectivity index (χ2n) is 10.1. The summed E-state index contributed by atoms with van der Waals surface area (Å²) >= 11 is 0. The predicted octanol–water partition coefficient (Wildman–Crippen LogP) is 5.36. The summed E-state index contributed by atoms with van der Waals surface area (Å²) in [5, 5.41) is 18.3. The first-order valence-electron chi connectivity index (χ1n) is 11.7. The van der Waals surface area contributed by atoms with E-state index in [2.05, 4.69) is 24.0 Å². The zero-order chi connectivity index (χ0) is 24.3. The number of ketones is 1. The quantitative estimate of drug-likeness (QED) is 0.498. The van der Waals surface area contributed by atoms with Gasteiger partial charge in [-0.3, -0.25) is 4.79 Å². The minimum absolute atomic E-state index is 0.110. The predicted molar refractivity (Wildman–Crippen MR) is 123 cm³/mol. The van der Waals surface area contributed by atoms with E-state index in [-0.39, 0.29) is 34.8 Å². The lowest BCUT2D eigenvalue weighted by Crippen LogP contribution is -2.38. The third-order valence-electron chi connectivity index (χ3n) is 7.86. The number of Topliss-reactive ketones (excluding diaryl/α,β-unsaturated/α-hetero) is 1. The van der Waals surface area contributed by atoms with Crippen LogP contribution in [-0.4, -0.2) is 32.2 Å². The van der Waals surface area contributed by atoms with Gasteiger partial charge < -0.3 is 5.11 Å². The lowest BCUT2D eigenvalue weighted by Gasteiger charge is -2.37. The molecule has 0 amide bonds. The number of rotatable bonds is 6. The molecular weight excluding hydrogens is 436 g/mol. The van der Waals surface area contributed by atoms with Crippen LogP contribution in [0, 0.1) is 17.0 Å². The number of pyridine rings is 1. The Balaban J connectivity index is 1.61. The molecule has 3 atom stereocenters. The number of halogens is 2. The number of aliphatic hydroxyl groups excluding tert-OH is 1. The maximum absolute atomic E-state index is 14.4. The minimum Gasteiger partial charge on any atom is -0.393 e. The van der Waals surface area contributed by atoms with Crippen molar-refractivity contribution in [2.24, 2.45) is 5.41 Å². The van der Waals surface area contributed by atoms with Crippen molar-refractivity contribution in [3.05, 3.63) is 76.7 Å².